The molecule has 0 aliphatic carbocycles. The molecule has 0 aromatic rings. The van der Waals surface area contributed by atoms with E-state index in [0.717, 1.165) is 0 Å². The van der Waals surface area contributed by atoms with Gasteiger partial charge in [0.05, 0.1) is 0 Å². The first kappa shape index (κ1) is 6.96. The molecule has 0 aromatic carbocycles. The maximum Gasteiger partial charge on any atom is 0.137 e. The van der Waals surface area contributed by atoms with E-state index >= 15 is 0 Å². The highest BCUT2D eigenvalue weighted by molar-refractivity contribution is 4.92. The van der Waals surface area contributed by atoms with Gasteiger partial charge < -0.3 is 10.1 Å². The molecule has 1 rings (SSSR count). The second-order valence-corrected chi connectivity index (χ2v) is 2.50. The normalized spacial score (nSPS) is 23.3. The van der Waals surface area contributed by atoms with Crippen molar-refractivity contribution in [3.8, 4) is 0 Å². The van der Waals surface area contributed by atoms with Gasteiger partial charge in [-0.1, -0.05) is 0 Å². The van der Waals surface area contributed by atoms with Crippen molar-refractivity contribution in [3.63, 3.8) is 0 Å². The molecular formula is C6H12FNO. The Kier molecular flexibility index (Phi) is 2.03. The molecule has 0 bridgehead atoms. The quantitative estimate of drug-likeness (QED) is 0.599. The fourth-order valence-corrected chi connectivity index (χ4v) is 0.858. The van der Waals surface area contributed by atoms with Gasteiger partial charge in [0, 0.05) is 33.2 Å². The van der Waals surface area contributed by atoms with Gasteiger partial charge in [0.2, 0.25) is 0 Å². The minimum atomic E-state index is -0.962. The lowest BCUT2D eigenvalue weighted by atomic mass is 9.96. The number of rotatable bonds is 3. The zero-order valence-electron chi connectivity index (χ0n) is 5.61. The molecular weight excluding hydrogens is 121 g/mol. The van der Waals surface area contributed by atoms with Crippen molar-refractivity contribution in [2.24, 2.45) is 0 Å². The Hall–Kier alpha value is -0.150. The lowest BCUT2D eigenvalue weighted by Crippen LogP contribution is -2.56. The summed E-state index contributed by atoms with van der Waals surface area (Å²) in [4.78, 5) is 0. The van der Waals surface area contributed by atoms with E-state index in [9.17, 15) is 4.39 Å². The standard InChI is InChI=1S/C6H12FNO/c1-9-3-2-6(7)4-8-5-6/h8H,2-5H2,1H3. The van der Waals surface area contributed by atoms with Crippen LogP contribution in [0.5, 0.6) is 0 Å². The number of methoxy groups -OCH3 is 1. The van der Waals surface area contributed by atoms with E-state index in [4.69, 9.17) is 4.74 Å². The molecule has 1 aliphatic rings. The molecule has 0 saturated carbocycles. The van der Waals surface area contributed by atoms with Gasteiger partial charge in [-0.25, -0.2) is 4.39 Å². The average Bonchev–Trinajstić information content (AvgIpc) is 1.79. The molecule has 0 aromatic heterocycles. The van der Waals surface area contributed by atoms with E-state index in [1.807, 2.05) is 0 Å². The van der Waals surface area contributed by atoms with Crippen LogP contribution in [0.15, 0.2) is 0 Å². The van der Waals surface area contributed by atoms with Gasteiger partial charge in [0.25, 0.3) is 0 Å². The van der Waals surface area contributed by atoms with E-state index in [0.29, 0.717) is 26.1 Å². The molecule has 3 heteroatoms. The molecule has 1 saturated heterocycles. The second kappa shape index (κ2) is 2.62. The molecule has 0 amide bonds. The van der Waals surface area contributed by atoms with Crippen LogP contribution in [0.3, 0.4) is 0 Å². The van der Waals surface area contributed by atoms with Crippen LogP contribution in [0, 0.1) is 0 Å². The number of hydrogen-bond donors (Lipinski definition) is 1. The number of ether oxygens (including phenoxy) is 1. The zero-order valence-corrected chi connectivity index (χ0v) is 5.61. The fourth-order valence-electron chi connectivity index (χ4n) is 0.858. The number of halogens is 1. The first-order chi connectivity index (χ1) is 4.27. The molecule has 0 radical (unpaired) electrons. The summed E-state index contributed by atoms with van der Waals surface area (Å²) in [5.41, 5.74) is -0.962. The maximum absolute atomic E-state index is 13.0. The van der Waals surface area contributed by atoms with Gasteiger partial charge in [-0.2, -0.15) is 0 Å². The second-order valence-electron chi connectivity index (χ2n) is 2.50. The monoisotopic (exact) mass is 133 g/mol. The predicted octanol–water partition coefficient (Wildman–Crippen LogP) is 0.334. The molecule has 0 atom stereocenters. The van der Waals surface area contributed by atoms with Crippen LogP contribution < -0.4 is 5.32 Å². The van der Waals surface area contributed by atoms with Gasteiger partial charge in [-0.05, 0) is 0 Å². The van der Waals surface area contributed by atoms with Crippen molar-refractivity contribution in [1.82, 2.24) is 5.32 Å². The van der Waals surface area contributed by atoms with Crippen molar-refractivity contribution in [1.29, 1.82) is 0 Å². The summed E-state index contributed by atoms with van der Waals surface area (Å²) in [7, 11) is 1.59. The van der Waals surface area contributed by atoms with Crippen molar-refractivity contribution in [3.05, 3.63) is 0 Å². The third kappa shape index (κ3) is 1.63. The van der Waals surface area contributed by atoms with E-state index in [1.54, 1.807) is 7.11 Å². The van der Waals surface area contributed by atoms with Crippen LogP contribution in [-0.2, 0) is 4.74 Å². The van der Waals surface area contributed by atoms with Gasteiger partial charge in [0.15, 0.2) is 0 Å². The van der Waals surface area contributed by atoms with Crippen LogP contribution in [0.2, 0.25) is 0 Å². The molecule has 1 heterocycles. The lowest BCUT2D eigenvalue weighted by molar-refractivity contribution is 0.0471. The van der Waals surface area contributed by atoms with E-state index in [-0.39, 0.29) is 0 Å². The zero-order chi connectivity index (χ0) is 6.74. The first-order valence-electron chi connectivity index (χ1n) is 3.15. The third-order valence-corrected chi connectivity index (χ3v) is 1.64. The van der Waals surface area contributed by atoms with Crippen molar-refractivity contribution in [2.45, 2.75) is 12.1 Å². The Balaban J connectivity index is 2.09. The van der Waals surface area contributed by atoms with Crippen LogP contribution >= 0.6 is 0 Å². The van der Waals surface area contributed by atoms with Crippen LogP contribution in [0.1, 0.15) is 6.42 Å². The smallest absolute Gasteiger partial charge is 0.137 e. The van der Waals surface area contributed by atoms with Crippen molar-refractivity contribution >= 4 is 0 Å². The minimum absolute atomic E-state index is 0.496. The molecule has 9 heavy (non-hydrogen) atoms. The molecule has 1 aliphatic heterocycles. The number of nitrogens with one attached hydrogen (secondary N) is 1. The summed E-state index contributed by atoms with van der Waals surface area (Å²) in [5.74, 6) is 0. The van der Waals surface area contributed by atoms with Crippen LogP contribution in [0.25, 0.3) is 0 Å². The summed E-state index contributed by atoms with van der Waals surface area (Å²) >= 11 is 0. The Bertz CT molecular complexity index is 93.1. The molecule has 0 unspecified atom stereocenters. The predicted molar refractivity (Wildman–Crippen MR) is 33.2 cm³/mol. The first-order valence-corrected chi connectivity index (χ1v) is 3.15. The maximum atomic E-state index is 13.0. The molecule has 0 spiro atoms. The highest BCUT2D eigenvalue weighted by atomic mass is 19.1. The molecule has 54 valence electrons. The SMILES string of the molecule is COCCC1(F)CNC1. The summed E-state index contributed by atoms with van der Waals surface area (Å²) in [6.07, 6.45) is 0.524. The number of alkyl halides is 1. The van der Waals surface area contributed by atoms with E-state index in [2.05, 4.69) is 5.32 Å². The van der Waals surface area contributed by atoms with Crippen molar-refractivity contribution < 1.29 is 9.13 Å². The van der Waals surface area contributed by atoms with Crippen molar-refractivity contribution in [2.75, 3.05) is 26.8 Å². The Morgan fingerprint density at radius 1 is 1.67 bits per heavy atom. The highest BCUT2D eigenvalue weighted by Crippen LogP contribution is 2.20. The Labute approximate surface area is 54.4 Å². The summed E-state index contributed by atoms with van der Waals surface area (Å²) in [6, 6.07) is 0. The fraction of sp³-hybridized carbons (Fsp3) is 1.00. The van der Waals surface area contributed by atoms with Crippen LogP contribution in [-0.4, -0.2) is 32.5 Å². The Morgan fingerprint density at radius 3 is 2.67 bits per heavy atom. The number of hydrogen-bond acceptors (Lipinski definition) is 2. The third-order valence-electron chi connectivity index (χ3n) is 1.64. The highest BCUT2D eigenvalue weighted by Gasteiger charge is 2.35. The molecule has 2 nitrogen and oxygen atoms in total. The van der Waals surface area contributed by atoms with Gasteiger partial charge in [0.1, 0.15) is 5.67 Å². The van der Waals surface area contributed by atoms with Gasteiger partial charge >= 0.3 is 0 Å². The van der Waals surface area contributed by atoms with E-state index in [1.165, 1.54) is 0 Å². The lowest BCUT2D eigenvalue weighted by Gasteiger charge is -2.34. The minimum Gasteiger partial charge on any atom is -0.385 e. The molecule has 1 fully saturated rings. The van der Waals surface area contributed by atoms with Gasteiger partial charge in [-0.15, -0.1) is 0 Å². The van der Waals surface area contributed by atoms with Gasteiger partial charge in [-0.3, -0.25) is 0 Å². The Morgan fingerprint density at radius 2 is 2.33 bits per heavy atom. The molecule has 1 N–H and O–H groups in total. The summed E-state index contributed by atoms with van der Waals surface area (Å²) in [5, 5.41) is 2.88. The average molecular weight is 133 g/mol. The largest absolute Gasteiger partial charge is 0.385 e. The summed E-state index contributed by atoms with van der Waals surface area (Å²) < 4.78 is 17.7. The topological polar surface area (TPSA) is 21.3 Å². The summed E-state index contributed by atoms with van der Waals surface area (Å²) in [6.45, 7) is 1.52. The van der Waals surface area contributed by atoms with E-state index < -0.39 is 5.67 Å². The van der Waals surface area contributed by atoms with Crippen LogP contribution in [0.4, 0.5) is 4.39 Å².